The van der Waals surface area contributed by atoms with Crippen molar-refractivity contribution in [3.8, 4) is 0 Å². The minimum Gasteiger partial charge on any atom is -0.399 e. The Kier molecular flexibility index (Phi) is 5.39. The van der Waals surface area contributed by atoms with E-state index in [0.29, 0.717) is 6.04 Å². The molecule has 1 aliphatic rings. The maximum Gasteiger partial charge on any atom is 0.246 e. The molecule has 1 saturated heterocycles. The van der Waals surface area contributed by atoms with E-state index in [1.807, 2.05) is 35.2 Å². The van der Waals surface area contributed by atoms with Crippen molar-refractivity contribution in [1.82, 2.24) is 9.80 Å². The smallest absolute Gasteiger partial charge is 0.246 e. The second-order valence-corrected chi connectivity index (χ2v) is 5.71. The Morgan fingerprint density at radius 1 is 1.33 bits per heavy atom. The number of nitrogen functional groups attached to an aromatic ring is 1. The van der Waals surface area contributed by atoms with E-state index in [2.05, 4.69) is 18.9 Å². The molecule has 4 nitrogen and oxygen atoms in total. The molecule has 1 fully saturated rings. The minimum absolute atomic E-state index is 0.106. The van der Waals surface area contributed by atoms with Crippen LogP contribution in [0.25, 0.3) is 6.08 Å². The normalized spacial score (nSPS) is 20.7. The van der Waals surface area contributed by atoms with E-state index in [9.17, 15) is 4.79 Å². The summed E-state index contributed by atoms with van der Waals surface area (Å²) in [7, 11) is 2.13. The summed E-state index contributed by atoms with van der Waals surface area (Å²) in [6.07, 6.45) is 5.57. The van der Waals surface area contributed by atoms with Crippen LogP contribution in [0.1, 0.15) is 25.3 Å². The number of nitrogens with zero attached hydrogens (tertiary/aromatic N) is 2. The van der Waals surface area contributed by atoms with E-state index in [1.165, 1.54) is 0 Å². The van der Waals surface area contributed by atoms with Crippen LogP contribution in [0, 0.1) is 0 Å². The minimum atomic E-state index is 0.106. The molecular formula is C17H25N3O. The fraction of sp³-hybridized carbons (Fsp3) is 0.471. The third-order valence-corrected chi connectivity index (χ3v) is 4.01. The molecule has 0 aromatic heterocycles. The Hall–Kier alpha value is -1.81. The summed E-state index contributed by atoms with van der Waals surface area (Å²) in [6, 6.07) is 7.85. The molecule has 0 bridgehead atoms. The van der Waals surface area contributed by atoms with Crippen molar-refractivity contribution in [1.29, 1.82) is 0 Å². The number of carbonyl (C=O) groups is 1. The van der Waals surface area contributed by atoms with Gasteiger partial charge in [-0.15, -0.1) is 0 Å². The molecule has 2 rings (SSSR count). The number of carbonyl (C=O) groups excluding carboxylic acids is 1. The topological polar surface area (TPSA) is 49.6 Å². The number of benzene rings is 1. The summed E-state index contributed by atoms with van der Waals surface area (Å²) in [5.74, 6) is 0.106. The summed E-state index contributed by atoms with van der Waals surface area (Å²) >= 11 is 0. The van der Waals surface area contributed by atoms with E-state index in [-0.39, 0.29) is 5.91 Å². The molecule has 1 aliphatic heterocycles. The highest BCUT2D eigenvalue weighted by Gasteiger charge is 2.24. The Balaban J connectivity index is 2.05. The van der Waals surface area contributed by atoms with Crippen molar-refractivity contribution in [2.24, 2.45) is 0 Å². The third-order valence-electron chi connectivity index (χ3n) is 4.01. The molecule has 1 atom stereocenters. The van der Waals surface area contributed by atoms with Gasteiger partial charge in [0, 0.05) is 30.9 Å². The van der Waals surface area contributed by atoms with Crippen LogP contribution in [-0.4, -0.2) is 48.4 Å². The molecular weight excluding hydrogens is 262 g/mol. The van der Waals surface area contributed by atoms with E-state index in [0.717, 1.165) is 43.7 Å². The number of hydrogen-bond donors (Lipinski definition) is 1. The number of anilines is 1. The van der Waals surface area contributed by atoms with Crippen molar-refractivity contribution < 1.29 is 4.79 Å². The predicted molar refractivity (Wildman–Crippen MR) is 87.8 cm³/mol. The first-order chi connectivity index (χ1) is 10.1. The average Bonchev–Trinajstić information content (AvgIpc) is 2.67. The number of nitrogens with two attached hydrogens (primary N) is 1. The van der Waals surface area contributed by atoms with Gasteiger partial charge in [-0.05, 0) is 50.2 Å². The van der Waals surface area contributed by atoms with Gasteiger partial charge in [0.1, 0.15) is 0 Å². The van der Waals surface area contributed by atoms with Crippen LogP contribution in [-0.2, 0) is 4.79 Å². The number of amides is 1. The SMILES string of the molecule is CCC1CN(C)CCCN1C(=O)/C=C/c1ccc(N)cc1. The summed E-state index contributed by atoms with van der Waals surface area (Å²) in [6.45, 7) is 5.00. The van der Waals surface area contributed by atoms with Gasteiger partial charge in [0.05, 0.1) is 0 Å². The monoisotopic (exact) mass is 287 g/mol. The van der Waals surface area contributed by atoms with Gasteiger partial charge in [0.25, 0.3) is 0 Å². The van der Waals surface area contributed by atoms with E-state index in [1.54, 1.807) is 6.08 Å². The van der Waals surface area contributed by atoms with Gasteiger partial charge in [-0.3, -0.25) is 4.79 Å². The van der Waals surface area contributed by atoms with Crippen LogP contribution >= 0.6 is 0 Å². The molecule has 1 unspecified atom stereocenters. The second kappa shape index (κ2) is 7.27. The number of likely N-dealkylation sites (N-methyl/N-ethyl adjacent to an activating group) is 1. The summed E-state index contributed by atoms with van der Waals surface area (Å²) in [5.41, 5.74) is 7.40. The largest absolute Gasteiger partial charge is 0.399 e. The first kappa shape index (κ1) is 15.6. The molecule has 1 aromatic carbocycles. The third kappa shape index (κ3) is 4.33. The van der Waals surface area contributed by atoms with Crippen LogP contribution in [0.2, 0.25) is 0 Å². The van der Waals surface area contributed by atoms with E-state index in [4.69, 9.17) is 5.73 Å². The van der Waals surface area contributed by atoms with E-state index >= 15 is 0 Å². The Morgan fingerprint density at radius 2 is 2.05 bits per heavy atom. The fourth-order valence-corrected chi connectivity index (χ4v) is 2.75. The molecule has 1 aromatic rings. The Morgan fingerprint density at radius 3 is 2.71 bits per heavy atom. The molecule has 1 amide bonds. The maximum absolute atomic E-state index is 12.5. The fourth-order valence-electron chi connectivity index (χ4n) is 2.75. The van der Waals surface area contributed by atoms with Crippen molar-refractivity contribution in [3.63, 3.8) is 0 Å². The maximum atomic E-state index is 12.5. The lowest BCUT2D eigenvalue weighted by molar-refractivity contribution is -0.128. The molecule has 114 valence electrons. The summed E-state index contributed by atoms with van der Waals surface area (Å²) < 4.78 is 0. The van der Waals surface area contributed by atoms with Gasteiger partial charge in [-0.25, -0.2) is 0 Å². The zero-order valence-electron chi connectivity index (χ0n) is 13.0. The standard InChI is InChI=1S/C17H25N3O/c1-3-16-13-19(2)11-4-12-20(16)17(21)10-7-14-5-8-15(18)9-6-14/h5-10,16H,3-4,11-13,18H2,1-2H3/b10-7+. The van der Waals surface area contributed by atoms with Crippen LogP contribution in [0.15, 0.2) is 30.3 Å². The average molecular weight is 287 g/mol. The van der Waals surface area contributed by atoms with Crippen LogP contribution in [0.4, 0.5) is 5.69 Å². The van der Waals surface area contributed by atoms with Crippen LogP contribution < -0.4 is 5.73 Å². The summed E-state index contributed by atoms with van der Waals surface area (Å²) in [5, 5.41) is 0. The molecule has 0 saturated carbocycles. The first-order valence-corrected chi connectivity index (χ1v) is 7.63. The van der Waals surface area contributed by atoms with Gasteiger partial charge in [0.15, 0.2) is 0 Å². The van der Waals surface area contributed by atoms with Gasteiger partial charge in [-0.1, -0.05) is 19.1 Å². The lowest BCUT2D eigenvalue weighted by atomic mass is 10.1. The van der Waals surface area contributed by atoms with Crippen molar-refractivity contribution in [2.45, 2.75) is 25.8 Å². The van der Waals surface area contributed by atoms with Gasteiger partial charge in [0.2, 0.25) is 5.91 Å². The predicted octanol–water partition coefficient (Wildman–Crippen LogP) is 2.22. The zero-order valence-corrected chi connectivity index (χ0v) is 13.0. The first-order valence-electron chi connectivity index (χ1n) is 7.63. The van der Waals surface area contributed by atoms with Crippen molar-refractivity contribution >= 4 is 17.7 Å². The Bertz CT molecular complexity index is 495. The molecule has 21 heavy (non-hydrogen) atoms. The lowest BCUT2D eigenvalue weighted by Crippen LogP contribution is -2.42. The highest BCUT2D eigenvalue weighted by molar-refractivity contribution is 5.92. The van der Waals surface area contributed by atoms with Crippen LogP contribution in [0.3, 0.4) is 0 Å². The molecule has 1 heterocycles. The molecule has 0 radical (unpaired) electrons. The van der Waals surface area contributed by atoms with E-state index < -0.39 is 0 Å². The van der Waals surface area contributed by atoms with Crippen molar-refractivity contribution in [2.75, 3.05) is 32.4 Å². The number of rotatable bonds is 3. The van der Waals surface area contributed by atoms with Crippen LogP contribution in [0.5, 0.6) is 0 Å². The van der Waals surface area contributed by atoms with Crippen molar-refractivity contribution in [3.05, 3.63) is 35.9 Å². The highest BCUT2D eigenvalue weighted by Crippen LogP contribution is 2.14. The molecule has 0 spiro atoms. The lowest BCUT2D eigenvalue weighted by Gasteiger charge is -2.29. The Labute approximate surface area is 127 Å². The molecule has 0 aliphatic carbocycles. The highest BCUT2D eigenvalue weighted by atomic mass is 16.2. The second-order valence-electron chi connectivity index (χ2n) is 5.71. The van der Waals surface area contributed by atoms with Gasteiger partial charge in [-0.2, -0.15) is 0 Å². The number of hydrogen-bond acceptors (Lipinski definition) is 3. The molecule has 2 N–H and O–H groups in total. The van der Waals surface area contributed by atoms with Gasteiger partial charge < -0.3 is 15.5 Å². The summed E-state index contributed by atoms with van der Waals surface area (Å²) in [4.78, 5) is 16.8. The zero-order chi connectivity index (χ0) is 15.2. The molecule has 4 heteroatoms. The van der Waals surface area contributed by atoms with Gasteiger partial charge >= 0.3 is 0 Å². The quantitative estimate of drug-likeness (QED) is 0.685.